The van der Waals surface area contributed by atoms with Crippen molar-refractivity contribution in [2.24, 2.45) is 17.8 Å². The van der Waals surface area contributed by atoms with Gasteiger partial charge in [-0.1, -0.05) is 25.1 Å². The molecule has 3 fully saturated rings. The number of phenols is 1. The van der Waals surface area contributed by atoms with Crippen LogP contribution in [0.15, 0.2) is 18.2 Å². The van der Waals surface area contributed by atoms with Crippen LogP contribution in [-0.4, -0.2) is 5.11 Å². The number of hydrogen-bond donors (Lipinski definition) is 1. The molecule has 4 rings (SSSR count). The zero-order valence-corrected chi connectivity index (χ0v) is 11.8. The second-order valence-electron chi connectivity index (χ2n) is 7.11. The number of para-hydroxylation sites is 1. The Labute approximate surface area is 116 Å². The van der Waals surface area contributed by atoms with Crippen LogP contribution in [-0.2, 0) is 0 Å². The van der Waals surface area contributed by atoms with Gasteiger partial charge in [-0.05, 0) is 79.2 Å². The summed E-state index contributed by atoms with van der Waals surface area (Å²) >= 11 is 0. The van der Waals surface area contributed by atoms with E-state index in [9.17, 15) is 5.11 Å². The van der Waals surface area contributed by atoms with Crippen molar-refractivity contribution in [2.75, 3.05) is 0 Å². The fourth-order valence-electron chi connectivity index (χ4n) is 3.87. The van der Waals surface area contributed by atoms with E-state index >= 15 is 0 Å². The third-order valence-electron chi connectivity index (χ3n) is 5.54. The Kier molecular flexibility index (Phi) is 2.65. The molecule has 1 aromatic rings. The van der Waals surface area contributed by atoms with Gasteiger partial charge in [-0.25, -0.2) is 0 Å². The number of phenolic OH excluding ortho intramolecular Hbond substituents is 1. The molecule has 0 amide bonds. The summed E-state index contributed by atoms with van der Waals surface area (Å²) in [5.41, 5.74) is 2.49. The molecule has 1 atom stereocenters. The van der Waals surface area contributed by atoms with Crippen molar-refractivity contribution < 1.29 is 5.11 Å². The Hall–Kier alpha value is -0.980. The third-order valence-corrected chi connectivity index (χ3v) is 5.54. The van der Waals surface area contributed by atoms with E-state index in [0.717, 1.165) is 17.8 Å². The highest BCUT2D eigenvalue weighted by Gasteiger charge is 2.43. The van der Waals surface area contributed by atoms with E-state index in [4.69, 9.17) is 0 Å². The zero-order valence-electron chi connectivity index (χ0n) is 11.8. The van der Waals surface area contributed by atoms with E-state index in [1.807, 2.05) is 0 Å². The van der Waals surface area contributed by atoms with Gasteiger partial charge >= 0.3 is 0 Å². The summed E-state index contributed by atoms with van der Waals surface area (Å²) in [4.78, 5) is 0. The molecular weight excluding hydrogens is 232 g/mol. The van der Waals surface area contributed by atoms with Gasteiger partial charge in [0.15, 0.2) is 0 Å². The highest BCUT2D eigenvalue weighted by Crippen LogP contribution is 2.57. The second-order valence-corrected chi connectivity index (χ2v) is 7.11. The molecule has 0 bridgehead atoms. The smallest absolute Gasteiger partial charge is 0.122 e. The summed E-state index contributed by atoms with van der Waals surface area (Å²) in [6.07, 6.45) is 8.21. The molecule has 0 spiro atoms. The van der Waals surface area contributed by atoms with Gasteiger partial charge in [0.25, 0.3) is 0 Å². The average Bonchev–Trinajstić information content (AvgIpc) is 3.29. The molecule has 1 heteroatoms. The van der Waals surface area contributed by atoms with Gasteiger partial charge in [-0.3, -0.25) is 0 Å². The fraction of sp³-hybridized carbons (Fsp3) is 0.667. The van der Waals surface area contributed by atoms with Crippen LogP contribution >= 0.6 is 0 Å². The number of rotatable bonds is 5. The van der Waals surface area contributed by atoms with E-state index in [2.05, 4.69) is 25.1 Å². The van der Waals surface area contributed by atoms with Crippen LogP contribution in [0.25, 0.3) is 0 Å². The molecule has 1 N–H and O–H groups in total. The summed E-state index contributed by atoms with van der Waals surface area (Å²) < 4.78 is 0. The molecule has 0 saturated heterocycles. The van der Waals surface area contributed by atoms with Gasteiger partial charge in [0, 0.05) is 0 Å². The Morgan fingerprint density at radius 3 is 1.95 bits per heavy atom. The standard InChI is InChI=1S/C18H24O/c1-11(12-5-6-12)15-3-2-4-16(18(15)19)17(13-7-8-13)14-9-10-14/h2-4,11-14,17,19H,5-10H2,1H3. The Balaban J connectivity index is 1.68. The quantitative estimate of drug-likeness (QED) is 0.801. The fourth-order valence-corrected chi connectivity index (χ4v) is 3.87. The van der Waals surface area contributed by atoms with Crippen LogP contribution in [0.2, 0.25) is 0 Å². The molecule has 0 aromatic heterocycles. The minimum absolute atomic E-state index is 0.541. The third kappa shape index (κ3) is 2.17. The summed E-state index contributed by atoms with van der Waals surface area (Å²) in [6, 6.07) is 6.53. The molecule has 0 radical (unpaired) electrons. The van der Waals surface area contributed by atoms with Gasteiger partial charge in [0.05, 0.1) is 0 Å². The zero-order chi connectivity index (χ0) is 13.0. The van der Waals surface area contributed by atoms with Gasteiger partial charge in [-0.15, -0.1) is 0 Å². The molecule has 102 valence electrons. The first-order valence-electron chi connectivity index (χ1n) is 8.07. The van der Waals surface area contributed by atoms with Crippen LogP contribution in [0.3, 0.4) is 0 Å². The van der Waals surface area contributed by atoms with E-state index < -0.39 is 0 Å². The first-order chi connectivity index (χ1) is 9.25. The minimum Gasteiger partial charge on any atom is -0.507 e. The monoisotopic (exact) mass is 256 g/mol. The normalized spacial score (nSPS) is 24.7. The van der Waals surface area contributed by atoms with Crippen molar-refractivity contribution in [3.63, 3.8) is 0 Å². The maximum atomic E-state index is 10.8. The molecular formula is C18H24O. The van der Waals surface area contributed by atoms with Crippen molar-refractivity contribution in [1.29, 1.82) is 0 Å². The largest absolute Gasteiger partial charge is 0.507 e. The van der Waals surface area contributed by atoms with Crippen molar-refractivity contribution >= 4 is 0 Å². The SMILES string of the molecule is CC(c1cccc(C(C2CC2)C2CC2)c1O)C1CC1. The van der Waals surface area contributed by atoms with Crippen LogP contribution in [0.4, 0.5) is 0 Å². The van der Waals surface area contributed by atoms with Crippen LogP contribution < -0.4 is 0 Å². The summed E-state index contributed by atoms with van der Waals surface area (Å²) in [5.74, 6) is 4.40. The van der Waals surface area contributed by atoms with Crippen LogP contribution in [0, 0.1) is 17.8 Å². The maximum Gasteiger partial charge on any atom is 0.122 e. The lowest BCUT2D eigenvalue weighted by Crippen LogP contribution is -2.06. The Morgan fingerprint density at radius 1 is 0.895 bits per heavy atom. The Bertz CT molecular complexity index is 468. The topological polar surface area (TPSA) is 20.2 Å². The molecule has 1 nitrogen and oxygen atoms in total. The number of aromatic hydroxyl groups is 1. The molecule has 1 aromatic carbocycles. The van der Waals surface area contributed by atoms with Gasteiger partial charge in [-0.2, -0.15) is 0 Å². The van der Waals surface area contributed by atoms with Crippen LogP contribution in [0.5, 0.6) is 5.75 Å². The highest BCUT2D eigenvalue weighted by molar-refractivity contribution is 5.46. The molecule has 1 unspecified atom stereocenters. The van der Waals surface area contributed by atoms with E-state index in [0.29, 0.717) is 17.6 Å². The lowest BCUT2D eigenvalue weighted by atomic mass is 9.85. The van der Waals surface area contributed by atoms with Crippen LogP contribution in [0.1, 0.15) is 68.4 Å². The maximum absolute atomic E-state index is 10.8. The Morgan fingerprint density at radius 2 is 1.42 bits per heavy atom. The van der Waals surface area contributed by atoms with Crippen molar-refractivity contribution in [3.05, 3.63) is 29.3 Å². The summed E-state index contributed by atoms with van der Waals surface area (Å²) in [6.45, 7) is 2.29. The number of hydrogen-bond acceptors (Lipinski definition) is 1. The average molecular weight is 256 g/mol. The predicted octanol–water partition coefficient (Wildman–Crippen LogP) is 4.81. The van der Waals surface area contributed by atoms with E-state index in [-0.39, 0.29) is 0 Å². The summed E-state index contributed by atoms with van der Waals surface area (Å²) in [7, 11) is 0. The lowest BCUT2D eigenvalue weighted by Gasteiger charge is -2.21. The van der Waals surface area contributed by atoms with Gasteiger partial charge in [0.1, 0.15) is 5.75 Å². The second kappa shape index (κ2) is 4.26. The van der Waals surface area contributed by atoms with Crippen molar-refractivity contribution in [2.45, 2.75) is 57.3 Å². The highest BCUT2D eigenvalue weighted by atomic mass is 16.3. The lowest BCUT2D eigenvalue weighted by molar-refractivity contribution is 0.430. The first-order valence-corrected chi connectivity index (χ1v) is 8.07. The number of benzene rings is 1. The first kappa shape index (κ1) is 11.8. The molecule has 0 aliphatic heterocycles. The van der Waals surface area contributed by atoms with Crippen molar-refractivity contribution in [3.8, 4) is 5.75 Å². The summed E-state index contributed by atoms with van der Waals surface area (Å²) in [5, 5.41) is 10.8. The van der Waals surface area contributed by atoms with E-state index in [1.165, 1.54) is 49.7 Å². The predicted molar refractivity (Wildman–Crippen MR) is 77.4 cm³/mol. The minimum atomic E-state index is 0.541. The van der Waals surface area contributed by atoms with Crippen molar-refractivity contribution in [1.82, 2.24) is 0 Å². The van der Waals surface area contributed by atoms with Gasteiger partial charge in [0.2, 0.25) is 0 Å². The molecule has 19 heavy (non-hydrogen) atoms. The van der Waals surface area contributed by atoms with E-state index in [1.54, 1.807) is 0 Å². The molecule has 3 aliphatic carbocycles. The molecule has 0 heterocycles. The molecule has 3 saturated carbocycles. The van der Waals surface area contributed by atoms with Gasteiger partial charge < -0.3 is 5.11 Å². The molecule has 3 aliphatic rings.